The van der Waals surface area contributed by atoms with E-state index in [1.54, 1.807) is 19.9 Å². The van der Waals surface area contributed by atoms with Gasteiger partial charge in [-0.25, -0.2) is 14.0 Å². The van der Waals surface area contributed by atoms with Crippen LogP contribution in [-0.2, 0) is 9.53 Å². The first-order valence-electron chi connectivity index (χ1n) is 6.47. The second-order valence-corrected chi connectivity index (χ2v) is 5.33. The number of anilines is 1. The highest BCUT2D eigenvalue weighted by Gasteiger charge is 2.42. The number of ether oxygens (including phenoxy) is 1. The summed E-state index contributed by atoms with van der Waals surface area (Å²) in [6, 6.07) is 4.11. The van der Waals surface area contributed by atoms with E-state index in [2.05, 4.69) is 5.32 Å². The smallest absolute Gasteiger partial charge is 0.329 e. The summed E-state index contributed by atoms with van der Waals surface area (Å²) in [6.07, 6.45) is 0. The average molecular weight is 296 g/mol. The van der Waals surface area contributed by atoms with Crippen molar-refractivity contribution in [3.05, 3.63) is 29.6 Å². The first kappa shape index (κ1) is 15.2. The third kappa shape index (κ3) is 3.49. The Kier molecular flexibility index (Phi) is 4.13. The largest absolute Gasteiger partial charge is 0.480 e. The third-order valence-corrected chi connectivity index (χ3v) is 3.39. The van der Waals surface area contributed by atoms with Crippen molar-refractivity contribution in [2.75, 3.05) is 25.0 Å². The molecule has 1 saturated heterocycles. The van der Waals surface area contributed by atoms with Crippen LogP contribution in [0.3, 0.4) is 0 Å². The van der Waals surface area contributed by atoms with Gasteiger partial charge in [-0.3, -0.25) is 0 Å². The number of carbonyl (C=O) groups is 2. The van der Waals surface area contributed by atoms with E-state index in [9.17, 15) is 14.0 Å². The fourth-order valence-corrected chi connectivity index (χ4v) is 2.17. The maximum atomic E-state index is 13.4. The summed E-state index contributed by atoms with van der Waals surface area (Å²) < 4.78 is 18.6. The van der Waals surface area contributed by atoms with Gasteiger partial charge < -0.3 is 20.1 Å². The Morgan fingerprint density at radius 3 is 2.76 bits per heavy atom. The Morgan fingerprint density at radius 1 is 1.48 bits per heavy atom. The van der Waals surface area contributed by atoms with Gasteiger partial charge in [0.25, 0.3) is 0 Å². The van der Waals surface area contributed by atoms with E-state index in [0.717, 1.165) is 0 Å². The third-order valence-electron chi connectivity index (χ3n) is 3.39. The minimum atomic E-state index is -1.05. The van der Waals surface area contributed by atoms with Crippen molar-refractivity contribution in [1.82, 2.24) is 4.90 Å². The molecule has 0 aromatic heterocycles. The fraction of sp³-hybridized carbons (Fsp3) is 0.429. The number of urea groups is 1. The Balaban J connectivity index is 1.89. The highest BCUT2D eigenvalue weighted by atomic mass is 19.1. The predicted octanol–water partition coefficient (Wildman–Crippen LogP) is 1.84. The lowest BCUT2D eigenvalue weighted by Gasteiger charge is -2.46. The number of likely N-dealkylation sites (tertiary alicyclic amines) is 1. The second kappa shape index (κ2) is 5.69. The number of hydrogen-bond acceptors (Lipinski definition) is 3. The van der Waals surface area contributed by atoms with Crippen molar-refractivity contribution < 1.29 is 23.8 Å². The molecule has 1 heterocycles. The standard InChI is InChI=1S/C14H17FN2O4/c1-9-10(15)4-3-5-11(9)16-13(20)17-7-14(2,8-17)21-6-12(18)19/h3-5H,6-8H2,1-2H3,(H,16,20)(H,18,19). The Hall–Kier alpha value is -2.15. The van der Waals surface area contributed by atoms with Gasteiger partial charge in [-0.05, 0) is 26.0 Å². The SMILES string of the molecule is Cc1c(F)cccc1NC(=O)N1CC(C)(OCC(=O)O)C1. The van der Waals surface area contributed by atoms with Gasteiger partial charge in [0, 0.05) is 11.3 Å². The molecule has 114 valence electrons. The molecular formula is C14H17FN2O4. The molecule has 0 bridgehead atoms. The van der Waals surface area contributed by atoms with Crippen LogP contribution in [0.1, 0.15) is 12.5 Å². The van der Waals surface area contributed by atoms with Crippen molar-refractivity contribution in [3.63, 3.8) is 0 Å². The van der Waals surface area contributed by atoms with E-state index in [0.29, 0.717) is 24.3 Å². The Morgan fingerprint density at radius 2 is 2.14 bits per heavy atom. The molecule has 0 radical (unpaired) electrons. The normalized spacial score (nSPS) is 16.2. The number of benzene rings is 1. The van der Waals surface area contributed by atoms with Crippen LogP contribution in [0.25, 0.3) is 0 Å². The fourth-order valence-electron chi connectivity index (χ4n) is 2.17. The Labute approximate surface area is 121 Å². The number of carboxylic acid groups (broad SMARTS) is 1. The molecule has 1 aromatic rings. The number of nitrogens with one attached hydrogen (secondary N) is 1. The first-order chi connectivity index (χ1) is 9.81. The molecule has 1 aliphatic rings. The van der Waals surface area contributed by atoms with Gasteiger partial charge in [0.1, 0.15) is 18.0 Å². The van der Waals surface area contributed by atoms with Crippen LogP contribution in [0.5, 0.6) is 0 Å². The van der Waals surface area contributed by atoms with E-state index < -0.39 is 18.2 Å². The van der Waals surface area contributed by atoms with Gasteiger partial charge in [0.05, 0.1) is 13.1 Å². The van der Waals surface area contributed by atoms with E-state index in [-0.39, 0.29) is 11.8 Å². The molecule has 1 fully saturated rings. The van der Waals surface area contributed by atoms with Crippen LogP contribution in [-0.4, -0.2) is 47.3 Å². The van der Waals surface area contributed by atoms with E-state index in [1.807, 2.05) is 0 Å². The number of hydrogen-bond donors (Lipinski definition) is 2. The van der Waals surface area contributed by atoms with Crippen molar-refractivity contribution in [1.29, 1.82) is 0 Å². The number of carbonyl (C=O) groups excluding carboxylic acids is 1. The van der Waals surface area contributed by atoms with Gasteiger partial charge in [-0.15, -0.1) is 0 Å². The number of amides is 2. The van der Waals surface area contributed by atoms with Crippen LogP contribution < -0.4 is 5.32 Å². The summed E-state index contributed by atoms with van der Waals surface area (Å²) in [4.78, 5) is 23.9. The molecule has 21 heavy (non-hydrogen) atoms. The molecule has 1 aromatic carbocycles. The van der Waals surface area contributed by atoms with Crippen LogP contribution in [0, 0.1) is 12.7 Å². The summed E-state index contributed by atoms with van der Waals surface area (Å²) >= 11 is 0. The predicted molar refractivity (Wildman–Crippen MR) is 73.7 cm³/mol. The summed E-state index contributed by atoms with van der Waals surface area (Å²) in [6.45, 7) is 3.52. The summed E-state index contributed by atoms with van der Waals surface area (Å²) in [5, 5.41) is 11.2. The van der Waals surface area contributed by atoms with Crippen molar-refractivity contribution in [2.24, 2.45) is 0 Å². The first-order valence-corrected chi connectivity index (χ1v) is 6.47. The Bertz CT molecular complexity index is 570. The van der Waals surface area contributed by atoms with Gasteiger partial charge in [-0.1, -0.05) is 6.07 Å². The molecular weight excluding hydrogens is 279 g/mol. The summed E-state index contributed by atoms with van der Waals surface area (Å²) in [7, 11) is 0. The molecule has 0 saturated carbocycles. The molecule has 0 unspecified atom stereocenters. The van der Waals surface area contributed by atoms with Crippen LogP contribution in [0.4, 0.5) is 14.9 Å². The minimum absolute atomic E-state index is 0.292. The van der Waals surface area contributed by atoms with Crippen LogP contribution in [0.15, 0.2) is 18.2 Å². The maximum absolute atomic E-state index is 13.4. The number of aliphatic carboxylic acids is 1. The molecule has 7 heteroatoms. The number of halogens is 1. The number of nitrogens with zero attached hydrogens (tertiary/aromatic N) is 1. The van der Waals surface area contributed by atoms with Gasteiger partial charge in [-0.2, -0.15) is 0 Å². The number of rotatable bonds is 4. The second-order valence-electron chi connectivity index (χ2n) is 5.33. The summed E-state index contributed by atoms with van der Waals surface area (Å²) in [5.74, 6) is -1.43. The highest BCUT2D eigenvalue weighted by Crippen LogP contribution is 2.26. The zero-order chi connectivity index (χ0) is 15.6. The molecule has 0 aliphatic carbocycles. The molecule has 2 rings (SSSR count). The van der Waals surface area contributed by atoms with Crippen LogP contribution in [0.2, 0.25) is 0 Å². The average Bonchev–Trinajstić information content (AvgIpc) is 2.38. The quantitative estimate of drug-likeness (QED) is 0.888. The maximum Gasteiger partial charge on any atom is 0.329 e. The van der Waals surface area contributed by atoms with Crippen LogP contribution >= 0.6 is 0 Å². The zero-order valence-corrected chi connectivity index (χ0v) is 11.9. The zero-order valence-electron chi connectivity index (χ0n) is 11.9. The van der Waals surface area contributed by atoms with E-state index in [1.165, 1.54) is 17.0 Å². The highest BCUT2D eigenvalue weighted by molar-refractivity contribution is 5.90. The van der Waals surface area contributed by atoms with Crippen molar-refractivity contribution in [3.8, 4) is 0 Å². The monoisotopic (exact) mass is 296 g/mol. The van der Waals surface area contributed by atoms with Gasteiger partial charge in [0.15, 0.2) is 0 Å². The lowest BCUT2D eigenvalue weighted by molar-refractivity contribution is -0.159. The van der Waals surface area contributed by atoms with Crippen molar-refractivity contribution in [2.45, 2.75) is 19.4 Å². The lowest BCUT2D eigenvalue weighted by atomic mass is 9.97. The van der Waals surface area contributed by atoms with E-state index in [4.69, 9.17) is 9.84 Å². The number of carboxylic acids is 1. The topological polar surface area (TPSA) is 78.9 Å². The van der Waals surface area contributed by atoms with E-state index >= 15 is 0 Å². The molecule has 0 spiro atoms. The summed E-state index contributed by atoms with van der Waals surface area (Å²) in [5.41, 5.74) is 0.142. The minimum Gasteiger partial charge on any atom is -0.480 e. The molecule has 2 amide bonds. The lowest BCUT2D eigenvalue weighted by Crippen LogP contribution is -2.64. The molecule has 6 nitrogen and oxygen atoms in total. The molecule has 0 atom stereocenters. The van der Waals surface area contributed by atoms with Gasteiger partial charge in [0.2, 0.25) is 0 Å². The molecule has 2 N–H and O–H groups in total. The van der Waals surface area contributed by atoms with Gasteiger partial charge >= 0.3 is 12.0 Å². The van der Waals surface area contributed by atoms with Crippen molar-refractivity contribution >= 4 is 17.7 Å². The molecule has 1 aliphatic heterocycles.